The number of aromatic nitrogens is 4. The average Bonchev–Trinajstić information content (AvgIpc) is 3.21. The van der Waals surface area contributed by atoms with Crippen molar-refractivity contribution in [3.63, 3.8) is 0 Å². The Labute approximate surface area is 181 Å². The molecule has 4 rings (SSSR count). The van der Waals surface area contributed by atoms with Crippen LogP contribution >= 0.6 is 0 Å². The van der Waals surface area contributed by atoms with Gasteiger partial charge in [0.1, 0.15) is 17.3 Å². The molecule has 0 spiro atoms. The maximum absolute atomic E-state index is 14.6. The molecule has 1 aromatic carbocycles. The van der Waals surface area contributed by atoms with E-state index in [1.807, 2.05) is 0 Å². The Balaban J connectivity index is 1.59. The minimum atomic E-state index is -0.508. The van der Waals surface area contributed by atoms with Gasteiger partial charge < -0.3 is 10.4 Å². The molecule has 0 bridgehead atoms. The van der Waals surface area contributed by atoms with E-state index in [9.17, 15) is 9.50 Å². The van der Waals surface area contributed by atoms with Crippen molar-refractivity contribution < 1.29 is 9.50 Å². The zero-order chi connectivity index (χ0) is 22.4. The number of nitrogens with one attached hydrogen (secondary N) is 1. The quantitative estimate of drug-likeness (QED) is 0.636. The SMILES string of the molecule is C=C(c1cnc(-c2cc(F)c(-n3cccn3)cc2O)cn1)C1CC(C)(C)NC(C)(C)C1. The molecule has 162 valence electrons. The van der Waals surface area contributed by atoms with Gasteiger partial charge in [-0.05, 0) is 64.2 Å². The van der Waals surface area contributed by atoms with E-state index in [2.05, 4.69) is 54.7 Å². The van der Waals surface area contributed by atoms with Gasteiger partial charge >= 0.3 is 0 Å². The minimum Gasteiger partial charge on any atom is -0.507 e. The van der Waals surface area contributed by atoms with Crippen LogP contribution in [-0.2, 0) is 0 Å². The lowest BCUT2D eigenvalue weighted by Crippen LogP contribution is -2.57. The van der Waals surface area contributed by atoms with Crippen LogP contribution in [0.1, 0.15) is 46.2 Å². The first kappa shape index (κ1) is 21.2. The lowest BCUT2D eigenvalue weighted by atomic mass is 9.73. The summed E-state index contributed by atoms with van der Waals surface area (Å²) in [7, 11) is 0. The van der Waals surface area contributed by atoms with Crippen molar-refractivity contribution in [2.45, 2.75) is 51.6 Å². The van der Waals surface area contributed by atoms with Crippen LogP contribution < -0.4 is 5.32 Å². The second-order valence-corrected chi connectivity index (χ2v) is 9.58. The monoisotopic (exact) mass is 421 g/mol. The molecule has 0 saturated carbocycles. The van der Waals surface area contributed by atoms with Gasteiger partial charge in [-0.1, -0.05) is 6.58 Å². The summed E-state index contributed by atoms with van der Waals surface area (Å²) in [5.41, 5.74) is 2.51. The zero-order valence-electron chi connectivity index (χ0n) is 18.4. The molecular weight excluding hydrogens is 393 g/mol. The van der Waals surface area contributed by atoms with Gasteiger partial charge in [-0.3, -0.25) is 9.97 Å². The van der Waals surface area contributed by atoms with Crippen molar-refractivity contribution >= 4 is 5.57 Å². The summed E-state index contributed by atoms with van der Waals surface area (Å²) in [6.07, 6.45) is 8.28. The van der Waals surface area contributed by atoms with E-state index >= 15 is 0 Å². The first-order valence-corrected chi connectivity index (χ1v) is 10.4. The van der Waals surface area contributed by atoms with Crippen molar-refractivity contribution in [2.24, 2.45) is 5.92 Å². The average molecular weight is 422 g/mol. The number of phenolic OH excluding ortho intramolecular Hbond substituents is 1. The summed E-state index contributed by atoms with van der Waals surface area (Å²) in [5, 5.41) is 18.2. The van der Waals surface area contributed by atoms with Crippen molar-refractivity contribution in [2.75, 3.05) is 0 Å². The lowest BCUT2D eigenvalue weighted by Gasteiger charge is -2.47. The van der Waals surface area contributed by atoms with E-state index in [1.165, 1.54) is 16.8 Å². The Bertz CT molecular complexity index is 1090. The molecule has 7 heteroatoms. The summed E-state index contributed by atoms with van der Waals surface area (Å²) in [6, 6.07) is 4.28. The zero-order valence-corrected chi connectivity index (χ0v) is 18.4. The van der Waals surface area contributed by atoms with Gasteiger partial charge in [0, 0.05) is 35.1 Å². The first-order valence-electron chi connectivity index (χ1n) is 10.4. The molecule has 3 heterocycles. The summed E-state index contributed by atoms with van der Waals surface area (Å²) in [5.74, 6) is -0.314. The third-order valence-electron chi connectivity index (χ3n) is 5.76. The highest BCUT2D eigenvalue weighted by atomic mass is 19.1. The van der Waals surface area contributed by atoms with Crippen LogP contribution in [0.15, 0.2) is 49.6 Å². The van der Waals surface area contributed by atoms with E-state index in [-0.39, 0.29) is 34.0 Å². The molecule has 1 aliphatic heterocycles. The molecule has 2 aromatic heterocycles. The fourth-order valence-electron chi connectivity index (χ4n) is 4.75. The van der Waals surface area contributed by atoms with Crippen LogP contribution in [0, 0.1) is 11.7 Å². The smallest absolute Gasteiger partial charge is 0.149 e. The largest absolute Gasteiger partial charge is 0.507 e. The summed E-state index contributed by atoms with van der Waals surface area (Å²) < 4.78 is 16.0. The molecule has 0 unspecified atom stereocenters. The Morgan fingerprint density at radius 2 is 1.87 bits per heavy atom. The molecule has 2 N–H and O–H groups in total. The number of phenols is 1. The Hall–Kier alpha value is -3.06. The van der Waals surface area contributed by atoms with E-state index < -0.39 is 5.82 Å². The number of piperidine rings is 1. The maximum Gasteiger partial charge on any atom is 0.149 e. The fourth-order valence-corrected chi connectivity index (χ4v) is 4.75. The second kappa shape index (κ2) is 7.57. The van der Waals surface area contributed by atoms with E-state index in [4.69, 9.17) is 0 Å². The molecule has 1 aliphatic rings. The van der Waals surface area contributed by atoms with E-state index in [1.54, 1.807) is 30.9 Å². The molecule has 0 radical (unpaired) electrons. The molecule has 0 amide bonds. The number of hydrogen-bond donors (Lipinski definition) is 2. The predicted octanol–water partition coefficient (Wildman–Crippen LogP) is 4.74. The highest BCUT2D eigenvalue weighted by Crippen LogP contribution is 2.39. The molecule has 3 aromatic rings. The number of rotatable bonds is 4. The lowest BCUT2D eigenvalue weighted by molar-refractivity contribution is 0.154. The van der Waals surface area contributed by atoms with Crippen molar-refractivity contribution in [1.82, 2.24) is 25.1 Å². The van der Waals surface area contributed by atoms with Crippen LogP contribution in [-0.4, -0.2) is 35.9 Å². The Kier molecular flexibility index (Phi) is 5.17. The van der Waals surface area contributed by atoms with Crippen molar-refractivity contribution in [1.29, 1.82) is 0 Å². The number of aromatic hydroxyl groups is 1. The van der Waals surface area contributed by atoms with Crippen LogP contribution in [0.3, 0.4) is 0 Å². The summed E-state index contributed by atoms with van der Waals surface area (Å²) in [6.45, 7) is 13.1. The number of allylic oxidation sites excluding steroid dienone is 1. The fraction of sp³-hybridized carbons (Fsp3) is 0.375. The summed E-state index contributed by atoms with van der Waals surface area (Å²) in [4.78, 5) is 8.98. The highest BCUT2D eigenvalue weighted by Gasteiger charge is 2.39. The maximum atomic E-state index is 14.6. The number of halogens is 1. The van der Waals surface area contributed by atoms with Gasteiger partial charge in [0.2, 0.25) is 0 Å². The molecule has 0 aliphatic carbocycles. The van der Waals surface area contributed by atoms with Crippen LogP contribution in [0.4, 0.5) is 4.39 Å². The normalized spacial score (nSPS) is 18.1. The van der Waals surface area contributed by atoms with Crippen LogP contribution in [0.25, 0.3) is 22.5 Å². The number of benzene rings is 1. The summed E-state index contributed by atoms with van der Waals surface area (Å²) >= 11 is 0. The van der Waals surface area contributed by atoms with Crippen LogP contribution in [0.2, 0.25) is 0 Å². The van der Waals surface area contributed by atoms with Gasteiger partial charge in [-0.25, -0.2) is 9.07 Å². The van der Waals surface area contributed by atoms with E-state index in [0.717, 1.165) is 24.1 Å². The topological polar surface area (TPSA) is 75.9 Å². The minimum absolute atomic E-state index is 0.00235. The highest BCUT2D eigenvalue weighted by molar-refractivity contribution is 5.70. The molecule has 0 atom stereocenters. The third kappa shape index (κ3) is 4.37. The van der Waals surface area contributed by atoms with E-state index in [0.29, 0.717) is 5.69 Å². The number of nitrogens with zero attached hydrogens (tertiary/aromatic N) is 4. The van der Waals surface area contributed by atoms with Crippen molar-refractivity contribution in [3.05, 3.63) is 61.1 Å². The van der Waals surface area contributed by atoms with Crippen molar-refractivity contribution in [3.8, 4) is 22.7 Å². The molecular formula is C24H28FN5O. The molecule has 31 heavy (non-hydrogen) atoms. The van der Waals surface area contributed by atoms with Gasteiger partial charge in [-0.15, -0.1) is 0 Å². The Morgan fingerprint density at radius 3 is 2.45 bits per heavy atom. The van der Waals surface area contributed by atoms with Crippen LogP contribution in [0.5, 0.6) is 5.75 Å². The standard InChI is InChI=1S/C24H28FN5O/c1-15(16-11-23(2,3)29-24(4,5)12-16)19-13-27-20(14-26-19)17-9-18(25)21(10-22(17)31)30-8-6-7-28-30/h6-10,13-14,16,29,31H,1,11-12H2,2-5H3. The molecule has 6 nitrogen and oxygen atoms in total. The van der Waals surface area contributed by atoms with Gasteiger partial charge in [-0.2, -0.15) is 5.10 Å². The number of hydrogen-bond acceptors (Lipinski definition) is 5. The Morgan fingerprint density at radius 1 is 1.16 bits per heavy atom. The van der Waals surface area contributed by atoms with Gasteiger partial charge in [0.05, 0.1) is 23.8 Å². The second-order valence-electron chi connectivity index (χ2n) is 9.58. The third-order valence-corrected chi connectivity index (χ3v) is 5.76. The van der Waals surface area contributed by atoms with Gasteiger partial charge in [0.15, 0.2) is 0 Å². The van der Waals surface area contributed by atoms with Gasteiger partial charge in [0.25, 0.3) is 0 Å². The molecule has 1 saturated heterocycles. The molecule has 1 fully saturated rings. The predicted molar refractivity (Wildman–Crippen MR) is 119 cm³/mol. The first-order chi connectivity index (χ1) is 14.5.